The van der Waals surface area contributed by atoms with Gasteiger partial charge < -0.3 is 4.74 Å². The van der Waals surface area contributed by atoms with Crippen LogP contribution >= 0.6 is 0 Å². The van der Waals surface area contributed by atoms with Crippen LogP contribution in [0.15, 0.2) is 42.0 Å². The number of benzene rings is 1. The maximum atomic E-state index is 11.4. The molecule has 0 N–H and O–H groups in total. The van der Waals surface area contributed by atoms with Gasteiger partial charge in [-0.05, 0) is 12.5 Å². The number of carbonyl (C=O) groups excluding carboxylic acids is 1. The molecule has 0 aliphatic rings. The van der Waals surface area contributed by atoms with Crippen LogP contribution in [0.2, 0.25) is 0 Å². The van der Waals surface area contributed by atoms with Crippen LogP contribution in [0.5, 0.6) is 0 Å². The summed E-state index contributed by atoms with van der Waals surface area (Å²) < 4.78 is 4.80. The molecule has 0 bridgehead atoms. The first-order valence-electron chi connectivity index (χ1n) is 5.53. The number of nitrogens with zero attached hydrogens (tertiary/aromatic N) is 1. The summed E-state index contributed by atoms with van der Waals surface area (Å²) in [5.74, 6) is -0.548. The first-order chi connectivity index (χ1) is 8.19. The first kappa shape index (κ1) is 13.0. The molecular weight excluding hydrogens is 214 g/mol. The van der Waals surface area contributed by atoms with Crippen LogP contribution in [-0.4, -0.2) is 12.6 Å². The predicted molar refractivity (Wildman–Crippen MR) is 65.2 cm³/mol. The number of allylic oxidation sites excluding steroid dienone is 1. The molecule has 3 nitrogen and oxygen atoms in total. The summed E-state index contributed by atoms with van der Waals surface area (Å²) >= 11 is 0. The fraction of sp³-hybridized carbons (Fsp3) is 0.286. The zero-order chi connectivity index (χ0) is 12.7. The quantitative estimate of drug-likeness (QED) is 0.453. The summed E-state index contributed by atoms with van der Waals surface area (Å²) in [6, 6.07) is 11.6. The molecular formula is C14H15NO2. The average molecular weight is 229 g/mol. The van der Waals surface area contributed by atoms with Crippen LogP contribution in [0.1, 0.15) is 25.3 Å². The molecule has 0 radical (unpaired) electrons. The van der Waals surface area contributed by atoms with E-state index in [0.717, 1.165) is 5.56 Å². The van der Waals surface area contributed by atoms with Crippen molar-refractivity contribution < 1.29 is 9.53 Å². The van der Waals surface area contributed by atoms with E-state index in [4.69, 9.17) is 10.00 Å². The van der Waals surface area contributed by atoms with Crippen molar-refractivity contribution in [2.24, 2.45) is 0 Å². The normalized spacial score (nSPS) is 12.6. The van der Waals surface area contributed by atoms with Crippen LogP contribution < -0.4 is 0 Å². The van der Waals surface area contributed by atoms with Crippen molar-refractivity contribution in [3.05, 3.63) is 47.5 Å². The van der Waals surface area contributed by atoms with E-state index >= 15 is 0 Å². The van der Waals surface area contributed by atoms with Crippen molar-refractivity contribution in [3.63, 3.8) is 0 Å². The molecule has 1 aromatic carbocycles. The molecule has 0 aliphatic carbocycles. The molecule has 0 aliphatic heterocycles. The van der Waals surface area contributed by atoms with Gasteiger partial charge in [0.05, 0.1) is 6.61 Å². The summed E-state index contributed by atoms with van der Waals surface area (Å²) in [6.07, 6.45) is 1.63. The maximum absolute atomic E-state index is 11.4. The maximum Gasteiger partial charge on any atom is 0.348 e. The van der Waals surface area contributed by atoms with Gasteiger partial charge in [0.1, 0.15) is 11.6 Å². The Morgan fingerprint density at radius 2 is 2.12 bits per heavy atom. The molecule has 3 heteroatoms. The van der Waals surface area contributed by atoms with E-state index in [-0.39, 0.29) is 18.1 Å². The minimum absolute atomic E-state index is 0.00950. The number of carbonyl (C=O) groups is 1. The first-order valence-corrected chi connectivity index (χ1v) is 5.53. The lowest BCUT2D eigenvalue weighted by Gasteiger charge is -2.07. The molecule has 1 aromatic rings. The number of hydrogen-bond donors (Lipinski definition) is 0. The van der Waals surface area contributed by atoms with Crippen LogP contribution in [0.4, 0.5) is 0 Å². The van der Waals surface area contributed by atoms with Crippen molar-refractivity contribution in [3.8, 4) is 6.07 Å². The summed E-state index contributed by atoms with van der Waals surface area (Å²) in [4.78, 5) is 11.4. The SMILES string of the molecule is CCOC(=O)/C(C#N)=C/[C@@H](C)c1ccccc1. The van der Waals surface area contributed by atoms with E-state index in [1.807, 2.05) is 43.3 Å². The lowest BCUT2D eigenvalue weighted by atomic mass is 9.99. The van der Waals surface area contributed by atoms with Gasteiger partial charge >= 0.3 is 5.97 Å². The van der Waals surface area contributed by atoms with Crippen LogP contribution in [-0.2, 0) is 9.53 Å². The van der Waals surface area contributed by atoms with Gasteiger partial charge in [0.2, 0.25) is 0 Å². The van der Waals surface area contributed by atoms with Gasteiger partial charge in [0.25, 0.3) is 0 Å². The lowest BCUT2D eigenvalue weighted by molar-refractivity contribution is -0.138. The number of hydrogen-bond acceptors (Lipinski definition) is 3. The van der Waals surface area contributed by atoms with Gasteiger partial charge in [-0.1, -0.05) is 43.3 Å². The van der Waals surface area contributed by atoms with Gasteiger partial charge in [-0.3, -0.25) is 0 Å². The summed E-state index contributed by atoms with van der Waals surface area (Å²) in [6.45, 7) is 3.93. The van der Waals surface area contributed by atoms with E-state index in [0.29, 0.717) is 0 Å². The Bertz CT molecular complexity index is 443. The highest BCUT2D eigenvalue weighted by Gasteiger charge is 2.12. The summed E-state index contributed by atoms with van der Waals surface area (Å²) in [7, 11) is 0. The second-order valence-electron chi connectivity index (χ2n) is 3.61. The zero-order valence-electron chi connectivity index (χ0n) is 10.0. The molecule has 0 saturated heterocycles. The predicted octanol–water partition coefficient (Wildman–Crippen LogP) is 2.80. The minimum Gasteiger partial charge on any atom is -0.462 e. The van der Waals surface area contributed by atoms with Gasteiger partial charge in [-0.25, -0.2) is 4.79 Å². The minimum atomic E-state index is -0.558. The molecule has 0 heterocycles. The van der Waals surface area contributed by atoms with Crippen LogP contribution in [0.25, 0.3) is 0 Å². The summed E-state index contributed by atoms with van der Waals surface area (Å²) in [5.41, 5.74) is 1.12. The van der Waals surface area contributed by atoms with Crippen molar-refractivity contribution >= 4 is 5.97 Å². The van der Waals surface area contributed by atoms with E-state index in [1.165, 1.54) is 0 Å². The monoisotopic (exact) mass is 229 g/mol. The Balaban J connectivity index is 2.86. The van der Waals surface area contributed by atoms with E-state index in [1.54, 1.807) is 13.0 Å². The molecule has 0 saturated carbocycles. The molecule has 0 spiro atoms. The average Bonchev–Trinajstić information content (AvgIpc) is 2.37. The number of esters is 1. The Kier molecular flexibility index (Phi) is 4.96. The molecule has 17 heavy (non-hydrogen) atoms. The number of nitriles is 1. The van der Waals surface area contributed by atoms with E-state index in [2.05, 4.69) is 0 Å². The second-order valence-corrected chi connectivity index (χ2v) is 3.61. The third-order valence-electron chi connectivity index (χ3n) is 2.36. The highest BCUT2D eigenvalue weighted by Crippen LogP contribution is 2.18. The third-order valence-corrected chi connectivity index (χ3v) is 2.36. The smallest absolute Gasteiger partial charge is 0.348 e. The standard InChI is InChI=1S/C14H15NO2/c1-3-17-14(16)13(10-15)9-11(2)12-7-5-4-6-8-12/h4-9,11H,3H2,1-2H3/b13-9+/t11-/m1/s1. The van der Waals surface area contributed by atoms with Crippen molar-refractivity contribution in [1.82, 2.24) is 0 Å². The number of rotatable bonds is 4. The molecule has 0 fully saturated rings. The van der Waals surface area contributed by atoms with Crippen LogP contribution in [0, 0.1) is 11.3 Å². The fourth-order valence-corrected chi connectivity index (χ4v) is 1.46. The molecule has 1 atom stereocenters. The highest BCUT2D eigenvalue weighted by molar-refractivity contribution is 5.92. The van der Waals surface area contributed by atoms with Crippen molar-refractivity contribution in [1.29, 1.82) is 5.26 Å². The number of ether oxygens (including phenoxy) is 1. The highest BCUT2D eigenvalue weighted by atomic mass is 16.5. The molecule has 0 unspecified atom stereocenters. The lowest BCUT2D eigenvalue weighted by Crippen LogP contribution is -2.07. The Hall–Kier alpha value is -2.08. The van der Waals surface area contributed by atoms with Crippen molar-refractivity contribution in [2.45, 2.75) is 19.8 Å². The third kappa shape index (κ3) is 3.76. The van der Waals surface area contributed by atoms with Gasteiger partial charge in [-0.2, -0.15) is 5.26 Å². The zero-order valence-corrected chi connectivity index (χ0v) is 10.0. The summed E-state index contributed by atoms with van der Waals surface area (Å²) in [5, 5.41) is 8.90. The Labute approximate surface area is 101 Å². The van der Waals surface area contributed by atoms with Gasteiger partial charge in [0.15, 0.2) is 0 Å². The van der Waals surface area contributed by atoms with Crippen LogP contribution in [0.3, 0.4) is 0 Å². The largest absolute Gasteiger partial charge is 0.462 e. The second kappa shape index (κ2) is 6.49. The van der Waals surface area contributed by atoms with Crippen molar-refractivity contribution in [2.75, 3.05) is 6.61 Å². The Morgan fingerprint density at radius 3 is 2.65 bits per heavy atom. The van der Waals surface area contributed by atoms with Gasteiger partial charge in [0, 0.05) is 5.92 Å². The van der Waals surface area contributed by atoms with Gasteiger partial charge in [-0.15, -0.1) is 0 Å². The molecule has 0 aromatic heterocycles. The molecule has 88 valence electrons. The van der Waals surface area contributed by atoms with E-state index in [9.17, 15) is 4.79 Å². The topological polar surface area (TPSA) is 50.1 Å². The Morgan fingerprint density at radius 1 is 1.47 bits per heavy atom. The van der Waals surface area contributed by atoms with E-state index < -0.39 is 5.97 Å². The fourth-order valence-electron chi connectivity index (χ4n) is 1.46. The molecule has 0 amide bonds. The molecule has 1 rings (SSSR count).